The fourth-order valence-corrected chi connectivity index (χ4v) is 2.89. The lowest BCUT2D eigenvalue weighted by Crippen LogP contribution is -2.58. The van der Waals surface area contributed by atoms with Gasteiger partial charge in [0.15, 0.2) is 0 Å². The van der Waals surface area contributed by atoms with Crippen LogP contribution in [0.2, 0.25) is 0 Å². The molecule has 0 radical (unpaired) electrons. The Labute approximate surface area is 108 Å². The molecule has 4 nitrogen and oxygen atoms in total. The van der Waals surface area contributed by atoms with Gasteiger partial charge in [-0.15, -0.1) is 0 Å². The van der Waals surface area contributed by atoms with Gasteiger partial charge in [0, 0.05) is 32.7 Å². The van der Waals surface area contributed by atoms with Gasteiger partial charge in [-0.1, -0.05) is 35.5 Å². The summed E-state index contributed by atoms with van der Waals surface area (Å²) in [7, 11) is 1.63. The van der Waals surface area contributed by atoms with Crippen LogP contribution in [0.4, 0.5) is 0 Å². The van der Waals surface area contributed by atoms with Gasteiger partial charge in [0.05, 0.1) is 11.1 Å². The molecule has 0 unspecified atom stereocenters. The van der Waals surface area contributed by atoms with Crippen LogP contribution in [0.15, 0.2) is 35.5 Å². The van der Waals surface area contributed by atoms with E-state index >= 15 is 0 Å². The Morgan fingerprint density at radius 3 is 2.72 bits per heavy atom. The maximum Gasteiger partial charge on any atom is 0.106 e. The molecule has 2 aliphatic rings. The SMILES string of the molecule is CO/N=C1\CN(Cc2ccccc2)CC12CNC2. The van der Waals surface area contributed by atoms with E-state index in [4.69, 9.17) is 4.84 Å². The summed E-state index contributed by atoms with van der Waals surface area (Å²) in [5, 5.41) is 7.58. The average Bonchev–Trinajstić information content (AvgIpc) is 2.69. The van der Waals surface area contributed by atoms with E-state index in [-0.39, 0.29) is 5.41 Å². The smallest absolute Gasteiger partial charge is 0.106 e. The van der Waals surface area contributed by atoms with Gasteiger partial charge in [0.1, 0.15) is 7.11 Å². The predicted molar refractivity (Wildman–Crippen MR) is 71.5 cm³/mol. The summed E-state index contributed by atoms with van der Waals surface area (Å²) < 4.78 is 0. The summed E-state index contributed by atoms with van der Waals surface area (Å²) >= 11 is 0. The fraction of sp³-hybridized carbons (Fsp3) is 0.500. The maximum absolute atomic E-state index is 4.99. The number of likely N-dealkylation sites (tertiary alicyclic amines) is 1. The molecule has 4 heteroatoms. The third kappa shape index (κ3) is 2.02. The van der Waals surface area contributed by atoms with Crippen molar-refractivity contribution in [2.75, 3.05) is 33.3 Å². The van der Waals surface area contributed by atoms with E-state index in [0.29, 0.717) is 0 Å². The van der Waals surface area contributed by atoms with Crippen LogP contribution >= 0.6 is 0 Å². The molecule has 0 saturated carbocycles. The summed E-state index contributed by atoms with van der Waals surface area (Å²) in [4.78, 5) is 7.44. The number of rotatable bonds is 3. The predicted octanol–water partition coefficient (Wildman–Crippen LogP) is 1.09. The summed E-state index contributed by atoms with van der Waals surface area (Å²) in [5.74, 6) is 0. The lowest BCUT2D eigenvalue weighted by molar-refractivity contribution is 0.188. The minimum absolute atomic E-state index is 0.227. The van der Waals surface area contributed by atoms with Crippen molar-refractivity contribution in [3.05, 3.63) is 35.9 Å². The van der Waals surface area contributed by atoms with Crippen LogP contribution in [-0.4, -0.2) is 43.9 Å². The van der Waals surface area contributed by atoms with E-state index in [1.54, 1.807) is 7.11 Å². The van der Waals surface area contributed by atoms with Crippen molar-refractivity contribution in [2.24, 2.45) is 10.6 Å². The maximum atomic E-state index is 4.99. The molecule has 1 aromatic carbocycles. The third-order valence-electron chi connectivity index (χ3n) is 3.89. The van der Waals surface area contributed by atoms with Crippen molar-refractivity contribution in [3.8, 4) is 0 Å². The molecule has 0 aromatic heterocycles. The summed E-state index contributed by atoms with van der Waals surface area (Å²) in [5.41, 5.74) is 2.78. The summed E-state index contributed by atoms with van der Waals surface area (Å²) in [6, 6.07) is 10.6. The zero-order valence-corrected chi connectivity index (χ0v) is 10.7. The molecule has 2 saturated heterocycles. The molecule has 96 valence electrons. The normalized spacial score (nSPS) is 24.4. The second kappa shape index (κ2) is 4.71. The Balaban J connectivity index is 1.71. The van der Waals surface area contributed by atoms with Crippen molar-refractivity contribution in [3.63, 3.8) is 0 Å². The highest BCUT2D eigenvalue weighted by molar-refractivity contribution is 5.95. The van der Waals surface area contributed by atoms with Crippen LogP contribution in [0.25, 0.3) is 0 Å². The lowest BCUT2D eigenvalue weighted by Gasteiger charge is -2.39. The molecule has 2 fully saturated rings. The Morgan fingerprint density at radius 1 is 1.33 bits per heavy atom. The van der Waals surface area contributed by atoms with Gasteiger partial charge in [0.25, 0.3) is 0 Å². The summed E-state index contributed by atoms with van der Waals surface area (Å²) in [6.45, 7) is 5.05. The Kier molecular flexibility index (Phi) is 3.06. The van der Waals surface area contributed by atoms with Crippen LogP contribution in [0, 0.1) is 5.41 Å². The molecule has 1 aromatic rings. The first-order valence-electron chi connectivity index (χ1n) is 6.40. The van der Waals surface area contributed by atoms with E-state index in [1.165, 1.54) is 11.3 Å². The second-order valence-electron chi connectivity index (χ2n) is 5.24. The molecule has 3 rings (SSSR count). The first-order valence-corrected chi connectivity index (χ1v) is 6.40. The molecule has 1 N–H and O–H groups in total. The number of hydrogen-bond acceptors (Lipinski definition) is 4. The third-order valence-corrected chi connectivity index (χ3v) is 3.89. The molecule has 0 atom stereocenters. The second-order valence-corrected chi connectivity index (χ2v) is 5.24. The molecular weight excluding hydrogens is 226 g/mol. The van der Waals surface area contributed by atoms with E-state index < -0.39 is 0 Å². The van der Waals surface area contributed by atoms with Crippen LogP contribution in [0.5, 0.6) is 0 Å². The van der Waals surface area contributed by atoms with Crippen molar-refractivity contribution in [1.29, 1.82) is 0 Å². The quantitative estimate of drug-likeness (QED) is 0.810. The average molecular weight is 245 g/mol. The van der Waals surface area contributed by atoms with Crippen LogP contribution < -0.4 is 5.32 Å². The number of hydrogen-bond donors (Lipinski definition) is 1. The monoisotopic (exact) mass is 245 g/mol. The van der Waals surface area contributed by atoms with E-state index in [9.17, 15) is 0 Å². The lowest BCUT2D eigenvalue weighted by atomic mass is 9.79. The van der Waals surface area contributed by atoms with Crippen LogP contribution in [0.1, 0.15) is 5.56 Å². The highest BCUT2D eigenvalue weighted by Gasteiger charge is 2.48. The van der Waals surface area contributed by atoms with Crippen LogP contribution in [-0.2, 0) is 11.4 Å². The molecule has 18 heavy (non-hydrogen) atoms. The number of nitrogens with one attached hydrogen (secondary N) is 1. The number of nitrogens with zero attached hydrogens (tertiary/aromatic N) is 2. The van der Waals surface area contributed by atoms with Gasteiger partial charge in [-0.25, -0.2) is 0 Å². The van der Waals surface area contributed by atoms with Gasteiger partial charge < -0.3 is 10.2 Å². The van der Waals surface area contributed by atoms with Crippen LogP contribution in [0.3, 0.4) is 0 Å². The molecule has 0 amide bonds. The zero-order chi connectivity index (χ0) is 12.4. The molecule has 0 aliphatic carbocycles. The van der Waals surface area contributed by atoms with Gasteiger partial charge >= 0.3 is 0 Å². The molecular formula is C14H19N3O. The zero-order valence-electron chi connectivity index (χ0n) is 10.7. The Morgan fingerprint density at radius 2 is 2.11 bits per heavy atom. The minimum atomic E-state index is 0.227. The van der Waals surface area contributed by atoms with E-state index in [1.807, 2.05) is 0 Å². The molecule has 2 heterocycles. The fourth-order valence-electron chi connectivity index (χ4n) is 2.89. The van der Waals surface area contributed by atoms with Crippen molar-refractivity contribution in [2.45, 2.75) is 6.54 Å². The standard InChI is InChI=1S/C14H19N3O/c1-18-16-13-8-17(11-14(13)9-15-10-14)7-12-5-3-2-4-6-12/h2-6,15H,7-11H2,1H3/b16-13+. The first-order chi connectivity index (χ1) is 8.82. The highest BCUT2D eigenvalue weighted by Crippen LogP contribution is 2.33. The number of oxime groups is 1. The highest BCUT2D eigenvalue weighted by atomic mass is 16.6. The van der Waals surface area contributed by atoms with Crippen molar-refractivity contribution in [1.82, 2.24) is 10.2 Å². The van der Waals surface area contributed by atoms with Gasteiger partial charge in [-0.3, -0.25) is 4.90 Å². The molecule has 0 bridgehead atoms. The minimum Gasteiger partial charge on any atom is -0.399 e. The topological polar surface area (TPSA) is 36.9 Å². The van der Waals surface area contributed by atoms with E-state index in [0.717, 1.165) is 32.7 Å². The Bertz CT molecular complexity index is 440. The van der Waals surface area contributed by atoms with Gasteiger partial charge in [-0.05, 0) is 5.56 Å². The number of benzene rings is 1. The summed E-state index contributed by atoms with van der Waals surface area (Å²) in [6.07, 6.45) is 0. The van der Waals surface area contributed by atoms with Gasteiger partial charge in [-0.2, -0.15) is 0 Å². The van der Waals surface area contributed by atoms with E-state index in [2.05, 4.69) is 45.7 Å². The molecule has 2 aliphatic heterocycles. The van der Waals surface area contributed by atoms with Crippen molar-refractivity contribution < 1.29 is 4.84 Å². The van der Waals surface area contributed by atoms with Gasteiger partial charge in [0.2, 0.25) is 0 Å². The largest absolute Gasteiger partial charge is 0.399 e. The Hall–Kier alpha value is -1.39. The molecule has 1 spiro atoms. The van der Waals surface area contributed by atoms with Crippen molar-refractivity contribution >= 4 is 5.71 Å². The first kappa shape index (κ1) is 11.7.